The molecule has 1 aromatic rings. The molecule has 1 aliphatic rings. The first kappa shape index (κ1) is 13.2. The third-order valence-corrected chi connectivity index (χ3v) is 2.16. The fourth-order valence-electron chi connectivity index (χ4n) is 1.42. The van der Waals surface area contributed by atoms with Crippen LogP contribution in [0.15, 0.2) is 0 Å². The van der Waals surface area contributed by atoms with Gasteiger partial charge in [-0.05, 0) is 0 Å². The van der Waals surface area contributed by atoms with Gasteiger partial charge in [0.15, 0.2) is 23.1 Å². The SMILES string of the molecule is N=C1NC(=N)c2nc(C(F)(F)F)c(C(F)(F)F)nc21. The summed E-state index contributed by atoms with van der Waals surface area (Å²) < 4.78 is 75.1. The van der Waals surface area contributed by atoms with Gasteiger partial charge < -0.3 is 5.32 Å². The van der Waals surface area contributed by atoms with E-state index in [0.29, 0.717) is 0 Å². The smallest absolute Gasteiger partial charge is 0.322 e. The highest BCUT2D eigenvalue weighted by Gasteiger charge is 2.48. The van der Waals surface area contributed by atoms with Gasteiger partial charge in [-0.3, -0.25) is 10.8 Å². The number of nitrogens with zero attached hydrogens (tertiary/aromatic N) is 2. The van der Waals surface area contributed by atoms with E-state index in [1.54, 1.807) is 0 Å². The van der Waals surface area contributed by atoms with Crippen molar-refractivity contribution < 1.29 is 26.3 Å². The standard InChI is InChI=1S/C8H3F6N5/c9-7(10,11)3-4(8(12,13)14)18-2-1(17-3)5(15)19-6(2)16/h(H3,15,16,19). The molecule has 0 saturated heterocycles. The van der Waals surface area contributed by atoms with Gasteiger partial charge in [-0.1, -0.05) is 0 Å². The Morgan fingerprint density at radius 3 is 1.32 bits per heavy atom. The maximum Gasteiger partial charge on any atom is 0.435 e. The highest BCUT2D eigenvalue weighted by molar-refractivity contribution is 6.21. The molecule has 1 aliphatic heterocycles. The number of hydrogen-bond donors (Lipinski definition) is 3. The van der Waals surface area contributed by atoms with Crippen molar-refractivity contribution in [3.05, 3.63) is 22.8 Å². The summed E-state index contributed by atoms with van der Waals surface area (Å²) in [5, 5.41) is 16.3. The van der Waals surface area contributed by atoms with Gasteiger partial charge in [-0.25, -0.2) is 9.97 Å². The second kappa shape index (κ2) is 3.65. The van der Waals surface area contributed by atoms with Crippen LogP contribution in [0, 0.1) is 10.8 Å². The molecule has 2 heterocycles. The van der Waals surface area contributed by atoms with E-state index in [1.165, 1.54) is 0 Å². The maximum atomic E-state index is 12.5. The van der Waals surface area contributed by atoms with Gasteiger partial charge in [0, 0.05) is 0 Å². The monoisotopic (exact) mass is 283 g/mol. The van der Waals surface area contributed by atoms with Crippen LogP contribution in [0.2, 0.25) is 0 Å². The molecule has 0 fully saturated rings. The third-order valence-electron chi connectivity index (χ3n) is 2.16. The lowest BCUT2D eigenvalue weighted by atomic mass is 10.2. The molecule has 0 aromatic carbocycles. The average Bonchev–Trinajstić information content (AvgIpc) is 2.50. The zero-order valence-electron chi connectivity index (χ0n) is 8.66. The molecule has 0 spiro atoms. The Bertz CT molecular complexity index is 536. The number of halogens is 6. The van der Waals surface area contributed by atoms with Crippen molar-refractivity contribution in [2.24, 2.45) is 0 Å². The Balaban J connectivity index is 2.78. The number of hydrogen-bond acceptors (Lipinski definition) is 4. The van der Waals surface area contributed by atoms with E-state index in [1.807, 2.05) is 5.32 Å². The van der Waals surface area contributed by atoms with Crippen molar-refractivity contribution >= 4 is 11.7 Å². The Hall–Kier alpha value is -2.20. The Labute approximate surface area is 100 Å². The molecule has 1 aromatic heterocycles. The van der Waals surface area contributed by atoms with Crippen LogP contribution in [0.4, 0.5) is 26.3 Å². The molecule has 0 saturated carbocycles. The van der Waals surface area contributed by atoms with Crippen LogP contribution in [-0.2, 0) is 12.4 Å². The molecule has 0 amide bonds. The van der Waals surface area contributed by atoms with Crippen molar-refractivity contribution in [2.75, 3.05) is 0 Å². The van der Waals surface area contributed by atoms with E-state index in [2.05, 4.69) is 9.97 Å². The topological polar surface area (TPSA) is 85.5 Å². The first-order chi connectivity index (χ1) is 8.51. The summed E-state index contributed by atoms with van der Waals surface area (Å²) in [5.41, 5.74) is -5.91. The average molecular weight is 283 g/mol. The minimum Gasteiger partial charge on any atom is -0.322 e. The van der Waals surface area contributed by atoms with E-state index in [0.717, 1.165) is 0 Å². The highest BCUT2D eigenvalue weighted by atomic mass is 19.4. The minimum atomic E-state index is -5.36. The summed E-state index contributed by atoms with van der Waals surface area (Å²) >= 11 is 0. The lowest BCUT2D eigenvalue weighted by molar-refractivity contribution is -0.167. The normalized spacial score (nSPS) is 15.5. The molecule has 2 rings (SSSR count). The Kier molecular flexibility index (Phi) is 2.54. The molecule has 102 valence electrons. The number of rotatable bonds is 0. The summed E-state index contributed by atoms with van der Waals surface area (Å²) in [6.45, 7) is 0. The fraction of sp³-hybridized carbons (Fsp3) is 0.250. The zero-order chi connectivity index (χ0) is 14.6. The Morgan fingerprint density at radius 2 is 1.05 bits per heavy atom. The van der Waals surface area contributed by atoms with Crippen LogP contribution < -0.4 is 5.32 Å². The molecular formula is C8H3F6N5. The van der Waals surface area contributed by atoms with Crippen LogP contribution in [0.1, 0.15) is 22.8 Å². The first-order valence-electron chi connectivity index (χ1n) is 4.53. The van der Waals surface area contributed by atoms with Crippen LogP contribution in [0.25, 0.3) is 0 Å². The molecule has 3 N–H and O–H groups in total. The van der Waals surface area contributed by atoms with Gasteiger partial charge in [0.05, 0.1) is 0 Å². The zero-order valence-corrected chi connectivity index (χ0v) is 8.66. The molecule has 0 unspecified atom stereocenters. The first-order valence-corrected chi connectivity index (χ1v) is 4.53. The molecule has 0 aliphatic carbocycles. The van der Waals surface area contributed by atoms with Crippen molar-refractivity contribution in [2.45, 2.75) is 12.4 Å². The summed E-state index contributed by atoms with van der Waals surface area (Å²) in [6.07, 6.45) is -10.7. The van der Waals surface area contributed by atoms with Gasteiger partial charge in [0.2, 0.25) is 0 Å². The molecular weight excluding hydrogens is 280 g/mol. The minimum absolute atomic E-state index is 0.702. The summed E-state index contributed by atoms with van der Waals surface area (Å²) in [6, 6.07) is 0. The van der Waals surface area contributed by atoms with Gasteiger partial charge in [-0.15, -0.1) is 0 Å². The van der Waals surface area contributed by atoms with Gasteiger partial charge >= 0.3 is 12.4 Å². The second-order valence-electron chi connectivity index (χ2n) is 3.49. The quantitative estimate of drug-likeness (QED) is 0.634. The molecule has 19 heavy (non-hydrogen) atoms. The van der Waals surface area contributed by atoms with E-state index < -0.39 is 46.8 Å². The van der Waals surface area contributed by atoms with E-state index in [4.69, 9.17) is 10.8 Å². The number of alkyl halides is 6. The lowest BCUT2D eigenvalue weighted by Crippen LogP contribution is -2.23. The number of aromatic nitrogens is 2. The molecule has 0 radical (unpaired) electrons. The predicted molar refractivity (Wildman–Crippen MR) is 48.8 cm³/mol. The second-order valence-corrected chi connectivity index (χ2v) is 3.49. The molecule has 0 bridgehead atoms. The van der Waals surface area contributed by atoms with Gasteiger partial charge in [0.25, 0.3) is 0 Å². The predicted octanol–water partition coefficient (Wildman–Crippen LogP) is 1.77. The Morgan fingerprint density at radius 1 is 0.737 bits per heavy atom. The molecule has 0 atom stereocenters. The largest absolute Gasteiger partial charge is 0.435 e. The number of amidine groups is 2. The molecule has 5 nitrogen and oxygen atoms in total. The van der Waals surface area contributed by atoms with E-state index in [-0.39, 0.29) is 0 Å². The van der Waals surface area contributed by atoms with E-state index in [9.17, 15) is 26.3 Å². The third kappa shape index (κ3) is 2.11. The van der Waals surface area contributed by atoms with Crippen LogP contribution in [-0.4, -0.2) is 21.6 Å². The van der Waals surface area contributed by atoms with Crippen molar-refractivity contribution in [3.63, 3.8) is 0 Å². The number of nitrogens with one attached hydrogen (secondary N) is 3. The summed E-state index contributed by atoms with van der Waals surface area (Å²) in [5.74, 6) is -1.40. The fourth-order valence-corrected chi connectivity index (χ4v) is 1.42. The summed E-state index contributed by atoms with van der Waals surface area (Å²) in [7, 11) is 0. The van der Waals surface area contributed by atoms with Crippen molar-refractivity contribution in [3.8, 4) is 0 Å². The van der Waals surface area contributed by atoms with Crippen molar-refractivity contribution in [1.82, 2.24) is 15.3 Å². The van der Waals surface area contributed by atoms with Gasteiger partial charge in [-0.2, -0.15) is 26.3 Å². The summed E-state index contributed by atoms with van der Waals surface area (Å²) in [4.78, 5) is 5.57. The highest BCUT2D eigenvalue weighted by Crippen LogP contribution is 2.38. The van der Waals surface area contributed by atoms with Crippen LogP contribution in [0.5, 0.6) is 0 Å². The van der Waals surface area contributed by atoms with Crippen LogP contribution >= 0.6 is 0 Å². The molecule has 11 heteroatoms. The number of fused-ring (bicyclic) bond motifs is 1. The maximum absolute atomic E-state index is 12.5. The van der Waals surface area contributed by atoms with Crippen molar-refractivity contribution in [1.29, 1.82) is 10.8 Å². The van der Waals surface area contributed by atoms with Crippen LogP contribution in [0.3, 0.4) is 0 Å². The lowest BCUT2D eigenvalue weighted by Gasteiger charge is -2.14. The van der Waals surface area contributed by atoms with Gasteiger partial charge in [0.1, 0.15) is 11.4 Å². The van der Waals surface area contributed by atoms with E-state index >= 15 is 0 Å².